The Morgan fingerprint density at radius 1 is 1.04 bits per heavy atom. The molecule has 0 saturated heterocycles. The molecule has 7 heteroatoms. The lowest BCUT2D eigenvalue weighted by atomic mass is 9.98. The van der Waals surface area contributed by atoms with Crippen molar-refractivity contribution in [3.63, 3.8) is 0 Å². The van der Waals surface area contributed by atoms with Crippen molar-refractivity contribution in [3.05, 3.63) is 71.3 Å². The van der Waals surface area contributed by atoms with E-state index in [1.54, 1.807) is 11.0 Å². The second-order valence-electron chi connectivity index (χ2n) is 5.29. The Balaban J connectivity index is 1.88. The number of hydrogen-bond donors (Lipinski definition) is 0. The number of nitrogens with zero attached hydrogens (tertiary/aromatic N) is 6. The Hall–Kier alpha value is -2.73. The Bertz CT molecular complexity index is 943. The van der Waals surface area contributed by atoms with Crippen LogP contribution < -0.4 is 0 Å². The third-order valence-corrected chi connectivity index (χ3v) is 4.09. The molecule has 4 rings (SSSR count). The summed E-state index contributed by atoms with van der Waals surface area (Å²) >= 11 is 6.01. The molecule has 2 aromatic carbocycles. The standard InChI is InChI=1S/C16H13ClN6/c1-22-15-7-4-12(8-14(15)20-21-22)16(23-10-18-9-19-23)11-2-5-13(17)6-3-11/h2-10,16H,1H3/t16-/m0/s1/i1-1. The summed E-state index contributed by atoms with van der Waals surface area (Å²) in [7, 11) is 1.88. The highest BCUT2D eigenvalue weighted by Crippen LogP contribution is 2.28. The molecule has 0 N–H and O–H groups in total. The highest BCUT2D eigenvalue weighted by molar-refractivity contribution is 6.30. The summed E-state index contributed by atoms with van der Waals surface area (Å²) in [6.07, 6.45) is 3.24. The minimum Gasteiger partial charge on any atom is -0.248 e. The quantitative estimate of drug-likeness (QED) is 0.581. The molecule has 6 nitrogen and oxygen atoms in total. The summed E-state index contributed by atoms with van der Waals surface area (Å²) in [5.74, 6) is 0. The topological polar surface area (TPSA) is 61.4 Å². The third-order valence-electron chi connectivity index (χ3n) is 3.84. The SMILES string of the molecule is [11CH3]n1nnc2cc([C@H](c3ccc(Cl)cc3)n3cncn3)ccc21. The Labute approximate surface area is 137 Å². The van der Waals surface area contributed by atoms with E-state index < -0.39 is 0 Å². The molecule has 2 aromatic heterocycles. The van der Waals surface area contributed by atoms with Crippen LogP contribution in [0.25, 0.3) is 11.0 Å². The van der Waals surface area contributed by atoms with Gasteiger partial charge in [-0.05, 0) is 35.4 Å². The minimum absolute atomic E-state index is 0.0961. The van der Waals surface area contributed by atoms with Crippen molar-refractivity contribution in [1.82, 2.24) is 29.8 Å². The van der Waals surface area contributed by atoms with E-state index in [4.69, 9.17) is 11.6 Å². The van der Waals surface area contributed by atoms with Crippen molar-refractivity contribution < 1.29 is 0 Å². The van der Waals surface area contributed by atoms with E-state index in [0.29, 0.717) is 5.02 Å². The van der Waals surface area contributed by atoms with Gasteiger partial charge in [0, 0.05) is 12.1 Å². The summed E-state index contributed by atoms with van der Waals surface area (Å²) in [6, 6.07) is 13.8. The number of benzene rings is 2. The number of halogens is 1. The lowest BCUT2D eigenvalue weighted by Crippen LogP contribution is -2.13. The highest BCUT2D eigenvalue weighted by Gasteiger charge is 2.18. The average molecular weight is 324 g/mol. The van der Waals surface area contributed by atoms with Gasteiger partial charge in [-0.3, -0.25) is 0 Å². The van der Waals surface area contributed by atoms with Gasteiger partial charge in [0.15, 0.2) is 0 Å². The number of aryl methyl sites for hydroxylation is 1. The maximum absolute atomic E-state index is 6.01. The number of fused-ring (bicyclic) bond motifs is 1. The zero-order valence-electron chi connectivity index (χ0n) is 12.3. The first-order chi connectivity index (χ1) is 11.2. The van der Waals surface area contributed by atoms with E-state index in [9.17, 15) is 0 Å². The maximum Gasteiger partial charge on any atom is 0.137 e. The number of aromatic nitrogens is 6. The van der Waals surface area contributed by atoms with Crippen LogP contribution >= 0.6 is 11.6 Å². The van der Waals surface area contributed by atoms with E-state index in [-0.39, 0.29) is 6.04 Å². The van der Waals surface area contributed by atoms with E-state index >= 15 is 0 Å². The van der Waals surface area contributed by atoms with E-state index in [2.05, 4.69) is 26.5 Å². The van der Waals surface area contributed by atoms with Crippen molar-refractivity contribution in [2.24, 2.45) is 7.05 Å². The van der Waals surface area contributed by atoms with Gasteiger partial charge in [-0.1, -0.05) is 35.0 Å². The fourth-order valence-corrected chi connectivity index (χ4v) is 2.85. The molecule has 0 fully saturated rings. The van der Waals surface area contributed by atoms with Crippen LogP contribution in [0.3, 0.4) is 0 Å². The second-order valence-corrected chi connectivity index (χ2v) is 5.73. The normalized spacial score (nSPS) is 12.6. The van der Waals surface area contributed by atoms with Gasteiger partial charge in [0.1, 0.15) is 24.2 Å². The molecular formula is C16H13ClN6. The smallest absolute Gasteiger partial charge is 0.137 e. The lowest BCUT2D eigenvalue weighted by molar-refractivity contribution is 0.594. The van der Waals surface area contributed by atoms with Gasteiger partial charge in [0.2, 0.25) is 0 Å². The fourth-order valence-electron chi connectivity index (χ4n) is 2.72. The van der Waals surface area contributed by atoms with Gasteiger partial charge >= 0.3 is 0 Å². The first-order valence-electron chi connectivity index (χ1n) is 7.11. The Morgan fingerprint density at radius 3 is 2.57 bits per heavy atom. The average Bonchev–Trinajstić information content (AvgIpc) is 3.20. The fraction of sp³-hybridized carbons (Fsp3) is 0.125. The Morgan fingerprint density at radius 2 is 1.83 bits per heavy atom. The van der Waals surface area contributed by atoms with Gasteiger partial charge in [0.05, 0.1) is 5.52 Å². The molecule has 4 aromatic rings. The lowest BCUT2D eigenvalue weighted by Gasteiger charge is -2.18. The van der Waals surface area contributed by atoms with Crippen LogP contribution in [0.4, 0.5) is 0 Å². The molecule has 0 aliphatic carbocycles. The minimum atomic E-state index is -0.0961. The summed E-state index contributed by atoms with van der Waals surface area (Å²) in [6.45, 7) is 0. The molecule has 0 radical (unpaired) electrons. The van der Waals surface area contributed by atoms with Crippen LogP contribution in [0.15, 0.2) is 55.1 Å². The van der Waals surface area contributed by atoms with Gasteiger partial charge in [-0.2, -0.15) is 5.10 Å². The Kier molecular flexibility index (Phi) is 3.31. The molecule has 2 heterocycles. The van der Waals surface area contributed by atoms with Gasteiger partial charge in [0.25, 0.3) is 0 Å². The highest BCUT2D eigenvalue weighted by atomic mass is 35.5. The first kappa shape index (κ1) is 13.9. The maximum atomic E-state index is 6.01. The van der Waals surface area contributed by atoms with Gasteiger partial charge < -0.3 is 0 Å². The van der Waals surface area contributed by atoms with Crippen molar-refractivity contribution >= 4 is 22.6 Å². The predicted octanol–water partition coefficient (Wildman–Crippen LogP) is 2.85. The first-order valence-corrected chi connectivity index (χ1v) is 7.49. The molecule has 0 aliphatic heterocycles. The molecular weight excluding hydrogens is 311 g/mol. The largest absolute Gasteiger partial charge is 0.248 e. The molecule has 0 spiro atoms. The molecule has 23 heavy (non-hydrogen) atoms. The predicted molar refractivity (Wildman–Crippen MR) is 87.2 cm³/mol. The van der Waals surface area contributed by atoms with Crippen LogP contribution in [0, 0.1) is 0 Å². The molecule has 1 atom stereocenters. The van der Waals surface area contributed by atoms with E-state index in [0.717, 1.165) is 22.2 Å². The summed E-state index contributed by atoms with van der Waals surface area (Å²) in [5.41, 5.74) is 3.97. The summed E-state index contributed by atoms with van der Waals surface area (Å²) in [5, 5.41) is 13.3. The third kappa shape index (κ3) is 2.47. The van der Waals surface area contributed by atoms with Crippen molar-refractivity contribution in [2.75, 3.05) is 0 Å². The molecule has 0 amide bonds. The van der Waals surface area contributed by atoms with Crippen LogP contribution in [0.1, 0.15) is 17.2 Å². The van der Waals surface area contributed by atoms with E-state index in [1.165, 1.54) is 6.33 Å². The monoisotopic (exact) mass is 323 g/mol. The van der Waals surface area contributed by atoms with E-state index in [1.807, 2.05) is 48.1 Å². The van der Waals surface area contributed by atoms with Gasteiger partial charge in [-0.25, -0.2) is 14.3 Å². The van der Waals surface area contributed by atoms with Crippen LogP contribution in [0.5, 0.6) is 0 Å². The number of hydrogen-bond acceptors (Lipinski definition) is 4. The molecule has 0 saturated carbocycles. The van der Waals surface area contributed by atoms with Crippen LogP contribution in [-0.2, 0) is 7.05 Å². The molecule has 114 valence electrons. The summed E-state index contributed by atoms with van der Waals surface area (Å²) in [4.78, 5) is 4.07. The number of rotatable bonds is 3. The van der Waals surface area contributed by atoms with Crippen molar-refractivity contribution in [2.45, 2.75) is 6.04 Å². The zero-order valence-corrected chi connectivity index (χ0v) is 13.1. The van der Waals surface area contributed by atoms with Crippen LogP contribution in [0.2, 0.25) is 5.02 Å². The molecule has 0 unspecified atom stereocenters. The van der Waals surface area contributed by atoms with Crippen LogP contribution in [-0.4, -0.2) is 29.8 Å². The zero-order chi connectivity index (χ0) is 15.8. The van der Waals surface area contributed by atoms with Crippen molar-refractivity contribution in [1.29, 1.82) is 0 Å². The summed E-state index contributed by atoms with van der Waals surface area (Å²) < 4.78 is 3.58. The molecule has 0 bridgehead atoms. The van der Waals surface area contributed by atoms with Gasteiger partial charge in [-0.15, -0.1) is 5.10 Å². The molecule has 0 aliphatic rings. The van der Waals surface area contributed by atoms with Crippen molar-refractivity contribution in [3.8, 4) is 0 Å². The second kappa shape index (κ2) is 5.48.